The van der Waals surface area contributed by atoms with E-state index in [9.17, 15) is 14.9 Å². The van der Waals surface area contributed by atoms with Gasteiger partial charge in [0, 0.05) is 18.7 Å². The molecule has 150 valence electrons. The standard InChI is InChI=1S/C18H26BrN3O5/c1-12-9-13(5-7-21(12)17(23)27-18(2,3)4)6-8-26-16-15(19)10-14(11-20-16)22(24)25/h10-13H,5-9H2,1-4H3/t12-,13+/m0/s1. The van der Waals surface area contributed by atoms with Crippen molar-refractivity contribution in [2.75, 3.05) is 13.2 Å². The predicted molar refractivity (Wildman–Crippen MR) is 104 cm³/mol. The van der Waals surface area contributed by atoms with Gasteiger partial charge in [0.1, 0.15) is 11.8 Å². The van der Waals surface area contributed by atoms with Crippen molar-refractivity contribution in [3.05, 3.63) is 26.9 Å². The van der Waals surface area contributed by atoms with E-state index in [1.54, 1.807) is 4.90 Å². The van der Waals surface area contributed by atoms with Gasteiger partial charge in [-0.15, -0.1) is 0 Å². The van der Waals surface area contributed by atoms with Crippen LogP contribution in [0.1, 0.15) is 47.0 Å². The Balaban J connectivity index is 1.80. The van der Waals surface area contributed by atoms with Gasteiger partial charge in [-0.25, -0.2) is 9.78 Å². The number of amides is 1. The van der Waals surface area contributed by atoms with Crippen molar-refractivity contribution < 1.29 is 19.2 Å². The van der Waals surface area contributed by atoms with Gasteiger partial charge in [0.2, 0.25) is 5.88 Å². The first kappa shape index (κ1) is 21.4. The van der Waals surface area contributed by atoms with Gasteiger partial charge in [-0.05, 0) is 68.8 Å². The molecule has 0 unspecified atom stereocenters. The number of hydrogen-bond acceptors (Lipinski definition) is 6. The molecule has 0 radical (unpaired) electrons. The lowest BCUT2D eigenvalue weighted by atomic mass is 9.89. The van der Waals surface area contributed by atoms with E-state index in [1.807, 2.05) is 27.7 Å². The first-order valence-corrected chi connectivity index (χ1v) is 9.78. The number of likely N-dealkylation sites (tertiary alicyclic amines) is 1. The molecule has 8 nitrogen and oxygen atoms in total. The molecule has 0 saturated carbocycles. The normalized spacial score (nSPS) is 20.3. The van der Waals surface area contributed by atoms with Crippen LogP contribution in [-0.2, 0) is 4.74 Å². The van der Waals surface area contributed by atoms with Crippen LogP contribution in [0.4, 0.5) is 10.5 Å². The summed E-state index contributed by atoms with van der Waals surface area (Å²) in [6.45, 7) is 8.76. The molecule has 1 aromatic heterocycles. The maximum absolute atomic E-state index is 12.3. The van der Waals surface area contributed by atoms with Crippen LogP contribution in [-0.4, -0.2) is 45.7 Å². The molecule has 1 saturated heterocycles. The summed E-state index contributed by atoms with van der Waals surface area (Å²) >= 11 is 3.25. The lowest BCUT2D eigenvalue weighted by molar-refractivity contribution is -0.385. The molecule has 0 N–H and O–H groups in total. The van der Waals surface area contributed by atoms with Gasteiger partial charge in [-0.2, -0.15) is 0 Å². The van der Waals surface area contributed by atoms with Gasteiger partial charge in [0.15, 0.2) is 0 Å². The van der Waals surface area contributed by atoms with E-state index < -0.39 is 10.5 Å². The third-order valence-electron chi connectivity index (χ3n) is 4.38. The first-order chi connectivity index (χ1) is 12.6. The minimum Gasteiger partial charge on any atom is -0.477 e. The number of carbonyl (C=O) groups excluding carboxylic acids is 1. The van der Waals surface area contributed by atoms with Crippen molar-refractivity contribution in [2.24, 2.45) is 5.92 Å². The van der Waals surface area contributed by atoms with Gasteiger partial charge in [0.25, 0.3) is 5.69 Å². The molecule has 0 aliphatic carbocycles. The number of piperidine rings is 1. The van der Waals surface area contributed by atoms with E-state index in [2.05, 4.69) is 20.9 Å². The average molecular weight is 444 g/mol. The second-order valence-electron chi connectivity index (χ2n) is 7.79. The minimum atomic E-state index is -0.499. The fraction of sp³-hybridized carbons (Fsp3) is 0.667. The highest BCUT2D eigenvalue weighted by Gasteiger charge is 2.31. The number of ether oxygens (including phenoxy) is 2. The molecule has 1 aromatic rings. The van der Waals surface area contributed by atoms with Crippen molar-refractivity contribution in [2.45, 2.75) is 58.6 Å². The number of pyridine rings is 1. The second-order valence-corrected chi connectivity index (χ2v) is 8.64. The van der Waals surface area contributed by atoms with E-state index >= 15 is 0 Å². The van der Waals surface area contributed by atoms with Crippen LogP contribution in [0, 0.1) is 16.0 Å². The summed E-state index contributed by atoms with van der Waals surface area (Å²) in [6, 6.07) is 1.49. The maximum Gasteiger partial charge on any atom is 0.410 e. The Labute approximate surface area is 167 Å². The predicted octanol–water partition coefficient (Wildman–Crippen LogP) is 4.56. The van der Waals surface area contributed by atoms with E-state index in [1.165, 1.54) is 12.3 Å². The van der Waals surface area contributed by atoms with Gasteiger partial charge < -0.3 is 14.4 Å². The molecule has 0 aromatic carbocycles. The van der Waals surface area contributed by atoms with E-state index in [0.29, 0.717) is 29.4 Å². The fourth-order valence-electron chi connectivity index (χ4n) is 3.07. The van der Waals surface area contributed by atoms with E-state index in [-0.39, 0.29) is 17.8 Å². The van der Waals surface area contributed by atoms with Crippen molar-refractivity contribution >= 4 is 27.7 Å². The maximum atomic E-state index is 12.3. The van der Waals surface area contributed by atoms with Crippen LogP contribution >= 0.6 is 15.9 Å². The summed E-state index contributed by atoms with van der Waals surface area (Å²) in [5.74, 6) is 0.787. The van der Waals surface area contributed by atoms with Crippen LogP contribution in [0.15, 0.2) is 16.7 Å². The van der Waals surface area contributed by atoms with Crippen molar-refractivity contribution in [3.63, 3.8) is 0 Å². The molecule has 2 atom stereocenters. The molecule has 1 fully saturated rings. The zero-order valence-corrected chi connectivity index (χ0v) is 17.7. The Hall–Kier alpha value is -1.90. The molecule has 27 heavy (non-hydrogen) atoms. The Morgan fingerprint density at radius 1 is 1.48 bits per heavy atom. The first-order valence-electron chi connectivity index (χ1n) is 8.99. The summed E-state index contributed by atoms with van der Waals surface area (Å²) in [5, 5.41) is 10.7. The quantitative estimate of drug-likeness (QED) is 0.488. The largest absolute Gasteiger partial charge is 0.477 e. The van der Waals surface area contributed by atoms with Crippen LogP contribution in [0.5, 0.6) is 5.88 Å². The Bertz CT molecular complexity index is 692. The topological polar surface area (TPSA) is 94.8 Å². The number of nitrogens with zero attached hydrogens (tertiary/aromatic N) is 3. The summed E-state index contributed by atoms with van der Waals surface area (Å²) in [5.41, 5.74) is -0.579. The number of halogens is 1. The van der Waals surface area contributed by atoms with Crippen LogP contribution in [0.2, 0.25) is 0 Å². The zero-order valence-electron chi connectivity index (χ0n) is 16.1. The van der Waals surface area contributed by atoms with Crippen molar-refractivity contribution in [1.29, 1.82) is 0 Å². The molecule has 1 amide bonds. The number of hydrogen-bond donors (Lipinski definition) is 0. The average Bonchev–Trinajstić information content (AvgIpc) is 2.54. The highest BCUT2D eigenvalue weighted by Crippen LogP contribution is 2.29. The molecule has 1 aliphatic heterocycles. The highest BCUT2D eigenvalue weighted by atomic mass is 79.9. The summed E-state index contributed by atoms with van der Waals surface area (Å²) in [4.78, 5) is 28.3. The summed E-state index contributed by atoms with van der Waals surface area (Å²) in [6.07, 6.45) is 3.53. The van der Waals surface area contributed by atoms with Crippen LogP contribution < -0.4 is 4.74 Å². The molecular weight excluding hydrogens is 418 g/mol. The molecule has 2 rings (SSSR count). The summed E-state index contributed by atoms with van der Waals surface area (Å²) < 4.78 is 11.6. The third-order valence-corrected chi connectivity index (χ3v) is 4.95. The molecular formula is C18H26BrN3O5. The molecule has 0 bridgehead atoms. The van der Waals surface area contributed by atoms with E-state index in [4.69, 9.17) is 9.47 Å². The number of aromatic nitrogens is 1. The highest BCUT2D eigenvalue weighted by molar-refractivity contribution is 9.10. The Morgan fingerprint density at radius 2 is 2.19 bits per heavy atom. The monoisotopic (exact) mass is 443 g/mol. The van der Waals surface area contributed by atoms with Gasteiger partial charge in [-0.1, -0.05) is 0 Å². The minimum absolute atomic E-state index is 0.0856. The number of nitro groups is 1. The van der Waals surface area contributed by atoms with Crippen molar-refractivity contribution in [3.8, 4) is 5.88 Å². The summed E-state index contributed by atoms with van der Waals surface area (Å²) in [7, 11) is 0. The Morgan fingerprint density at radius 3 is 2.74 bits per heavy atom. The second kappa shape index (κ2) is 8.86. The third kappa shape index (κ3) is 6.34. The number of carbonyl (C=O) groups is 1. The van der Waals surface area contributed by atoms with Crippen LogP contribution in [0.25, 0.3) is 0 Å². The van der Waals surface area contributed by atoms with Gasteiger partial charge in [0.05, 0.1) is 16.0 Å². The molecule has 2 heterocycles. The molecule has 1 aliphatic rings. The van der Waals surface area contributed by atoms with Crippen LogP contribution in [0.3, 0.4) is 0 Å². The number of rotatable bonds is 5. The lowest BCUT2D eigenvalue weighted by Crippen LogP contribution is -2.46. The Kier molecular flexibility index (Phi) is 7.02. The van der Waals surface area contributed by atoms with Gasteiger partial charge >= 0.3 is 6.09 Å². The fourth-order valence-corrected chi connectivity index (χ4v) is 3.52. The van der Waals surface area contributed by atoms with Gasteiger partial charge in [-0.3, -0.25) is 10.1 Å². The SMILES string of the molecule is C[C@H]1C[C@@H](CCOc2ncc([N+](=O)[O-])cc2Br)CCN1C(=O)OC(C)(C)C. The molecule has 0 spiro atoms. The smallest absolute Gasteiger partial charge is 0.410 e. The molecule has 9 heteroatoms. The zero-order chi connectivity index (χ0) is 20.2. The van der Waals surface area contributed by atoms with Crippen molar-refractivity contribution in [1.82, 2.24) is 9.88 Å². The van der Waals surface area contributed by atoms with E-state index in [0.717, 1.165) is 19.3 Å². The lowest BCUT2D eigenvalue weighted by Gasteiger charge is -2.38.